The van der Waals surface area contributed by atoms with Gasteiger partial charge in [-0.2, -0.15) is 0 Å². The van der Waals surface area contributed by atoms with Gasteiger partial charge in [0.1, 0.15) is 18.1 Å². The van der Waals surface area contributed by atoms with Gasteiger partial charge in [-0.3, -0.25) is 9.59 Å². The number of Topliss-reactive ketones (excluding diaryl/α,β-unsaturated/α-hetero) is 1. The van der Waals surface area contributed by atoms with E-state index in [0.29, 0.717) is 23.1 Å². The molecule has 0 bridgehead atoms. The highest BCUT2D eigenvalue weighted by molar-refractivity contribution is 7.99. The summed E-state index contributed by atoms with van der Waals surface area (Å²) in [5.41, 5.74) is 4.05. The Balaban J connectivity index is 1.53. The van der Waals surface area contributed by atoms with E-state index in [1.54, 1.807) is 0 Å². The van der Waals surface area contributed by atoms with Crippen molar-refractivity contribution in [2.24, 2.45) is 0 Å². The summed E-state index contributed by atoms with van der Waals surface area (Å²) >= 11 is 1.35. The molecule has 1 heterocycles. The molecular formula is C39H48N2O7S. The van der Waals surface area contributed by atoms with Gasteiger partial charge in [0.05, 0.1) is 35.7 Å². The van der Waals surface area contributed by atoms with Crippen molar-refractivity contribution in [3.8, 4) is 11.5 Å². The van der Waals surface area contributed by atoms with Crippen LogP contribution in [0, 0.1) is 0 Å². The molecule has 0 saturated heterocycles. The molecule has 49 heavy (non-hydrogen) atoms. The third kappa shape index (κ3) is 8.66. The molecule has 0 aliphatic heterocycles. The maximum Gasteiger partial charge on any atom is 0.335 e. The molecule has 0 saturated carbocycles. The number of fused-ring (bicyclic) bond motifs is 1. The molecule has 2 N–H and O–H groups in total. The first-order valence-electron chi connectivity index (χ1n) is 16.5. The Bertz CT molecular complexity index is 1810. The standard InChI is InChI=1S/C39H48N2O7S/c1-9-38(3,4)27-16-18-33(28(21-27)39(5,6)10-2)48-22-32(42)36(47-8)31-20-25-13-11-12-14-30(25)41(31)24-49-23-35(43)40-29-19-26(37(44)45)15-17-34(29)46-7/h11-21,36H,9-10,22-24H2,1-8H3,(H,40,43)(H,44,45). The van der Waals surface area contributed by atoms with Crippen molar-refractivity contribution in [1.82, 2.24) is 4.57 Å². The second-order valence-corrected chi connectivity index (χ2v) is 14.3. The molecule has 4 aromatic rings. The normalized spacial score (nSPS) is 12.5. The summed E-state index contributed by atoms with van der Waals surface area (Å²) in [6.45, 7) is 13.0. The number of aromatic carboxylic acids is 1. The first-order chi connectivity index (χ1) is 23.3. The van der Waals surface area contributed by atoms with E-state index >= 15 is 0 Å². The lowest BCUT2D eigenvalue weighted by Crippen LogP contribution is -2.25. The minimum atomic E-state index is -1.11. The highest BCUT2D eigenvalue weighted by Gasteiger charge is 2.29. The van der Waals surface area contributed by atoms with Gasteiger partial charge in [-0.1, -0.05) is 71.9 Å². The number of aromatic nitrogens is 1. The molecule has 262 valence electrons. The van der Waals surface area contributed by atoms with E-state index in [9.17, 15) is 19.5 Å². The van der Waals surface area contributed by atoms with Crippen LogP contribution in [0.25, 0.3) is 10.9 Å². The van der Waals surface area contributed by atoms with Crippen molar-refractivity contribution in [1.29, 1.82) is 0 Å². The number of nitrogens with one attached hydrogen (secondary N) is 1. The highest BCUT2D eigenvalue weighted by atomic mass is 32.2. The predicted octanol–water partition coefficient (Wildman–Crippen LogP) is 8.39. The summed E-state index contributed by atoms with van der Waals surface area (Å²) in [5.74, 6) is -0.169. The zero-order chi connectivity index (χ0) is 35.9. The van der Waals surface area contributed by atoms with Gasteiger partial charge in [0.25, 0.3) is 0 Å². The molecule has 1 unspecified atom stereocenters. The van der Waals surface area contributed by atoms with Gasteiger partial charge >= 0.3 is 5.97 Å². The van der Waals surface area contributed by atoms with Crippen LogP contribution in [-0.2, 0) is 31.0 Å². The molecule has 0 spiro atoms. The number of hydrogen-bond donors (Lipinski definition) is 2. The quantitative estimate of drug-likeness (QED) is 0.114. The summed E-state index contributed by atoms with van der Waals surface area (Å²) in [4.78, 5) is 38.2. The first kappa shape index (κ1) is 37.5. The number of carboxylic acid groups (broad SMARTS) is 1. The maximum atomic E-state index is 13.8. The zero-order valence-corrected chi connectivity index (χ0v) is 30.5. The van der Waals surface area contributed by atoms with E-state index in [2.05, 4.69) is 59.0 Å². The highest BCUT2D eigenvalue weighted by Crippen LogP contribution is 2.39. The minimum absolute atomic E-state index is 0.0124. The molecule has 3 aromatic carbocycles. The summed E-state index contributed by atoms with van der Waals surface area (Å²) < 4.78 is 19.4. The number of anilines is 1. The van der Waals surface area contributed by atoms with Crippen LogP contribution >= 0.6 is 11.8 Å². The van der Waals surface area contributed by atoms with Gasteiger partial charge in [0.15, 0.2) is 6.10 Å². The molecular weight excluding hydrogens is 641 g/mol. The Hall–Kier alpha value is -4.28. The molecule has 0 radical (unpaired) electrons. The zero-order valence-electron chi connectivity index (χ0n) is 29.7. The van der Waals surface area contributed by atoms with Crippen LogP contribution < -0.4 is 14.8 Å². The number of amides is 1. The molecule has 1 amide bonds. The summed E-state index contributed by atoms with van der Waals surface area (Å²) in [5, 5.41) is 13.1. The first-order valence-corrected chi connectivity index (χ1v) is 17.6. The number of thioether (sulfide) groups is 1. The smallest absolute Gasteiger partial charge is 0.335 e. The Kier molecular flexibility index (Phi) is 12.2. The lowest BCUT2D eigenvalue weighted by atomic mass is 9.76. The average molecular weight is 689 g/mol. The van der Waals surface area contributed by atoms with Crippen LogP contribution in [0.5, 0.6) is 11.5 Å². The van der Waals surface area contributed by atoms with E-state index in [-0.39, 0.29) is 46.1 Å². The van der Waals surface area contributed by atoms with Crippen LogP contribution in [0.2, 0.25) is 0 Å². The van der Waals surface area contributed by atoms with Crippen LogP contribution in [0.1, 0.15) is 87.7 Å². The number of hydrogen-bond acceptors (Lipinski definition) is 7. The fourth-order valence-electron chi connectivity index (χ4n) is 5.59. The lowest BCUT2D eigenvalue weighted by Gasteiger charge is -2.30. The third-order valence-corrected chi connectivity index (χ3v) is 10.3. The van der Waals surface area contributed by atoms with Crippen LogP contribution in [0.15, 0.2) is 66.7 Å². The summed E-state index contributed by atoms with van der Waals surface area (Å²) in [7, 11) is 2.96. The number of nitrogens with zero attached hydrogens (tertiary/aromatic N) is 1. The minimum Gasteiger partial charge on any atom is -0.495 e. The Labute approximate surface area is 293 Å². The molecule has 4 rings (SSSR count). The largest absolute Gasteiger partial charge is 0.495 e. The average Bonchev–Trinajstić information content (AvgIpc) is 3.45. The number of methoxy groups -OCH3 is 2. The lowest BCUT2D eigenvalue weighted by molar-refractivity contribution is -0.131. The Morgan fingerprint density at radius 1 is 0.898 bits per heavy atom. The Morgan fingerprint density at radius 3 is 2.24 bits per heavy atom. The van der Waals surface area contributed by atoms with Gasteiger partial charge in [0.2, 0.25) is 11.7 Å². The predicted molar refractivity (Wildman–Crippen MR) is 196 cm³/mol. The van der Waals surface area contributed by atoms with Gasteiger partial charge in [-0.15, -0.1) is 11.8 Å². The van der Waals surface area contributed by atoms with E-state index in [1.165, 1.54) is 49.7 Å². The maximum absolute atomic E-state index is 13.8. The van der Waals surface area contributed by atoms with Crippen molar-refractivity contribution in [3.05, 3.63) is 89.1 Å². The molecule has 1 atom stereocenters. The molecule has 9 nitrogen and oxygen atoms in total. The molecule has 0 fully saturated rings. The van der Waals surface area contributed by atoms with Gasteiger partial charge < -0.3 is 29.2 Å². The summed E-state index contributed by atoms with van der Waals surface area (Å²) in [6.07, 6.45) is 1.01. The number of carbonyl (C=O) groups excluding carboxylic acids is 2. The van der Waals surface area contributed by atoms with E-state index in [1.807, 2.05) is 41.0 Å². The third-order valence-electron chi connectivity index (χ3n) is 9.44. The van der Waals surface area contributed by atoms with Gasteiger partial charge in [0, 0.05) is 18.2 Å². The topological polar surface area (TPSA) is 116 Å². The summed E-state index contributed by atoms with van der Waals surface area (Å²) in [6, 6.07) is 20.3. The fourth-order valence-corrected chi connectivity index (χ4v) is 6.41. The second kappa shape index (κ2) is 16.0. The molecule has 10 heteroatoms. The Morgan fingerprint density at radius 2 is 1.59 bits per heavy atom. The van der Waals surface area contributed by atoms with Gasteiger partial charge in [-0.05, 0) is 71.0 Å². The number of carbonyl (C=O) groups is 3. The fraction of sp³-hybridized carbons (Fsp3) is 0.410. The number of benzene rings is 3. The number of para-hydroxylation sites is 1. The van der Waals surface area contributed by atoms with Crippen LogP contribution in [-0.4, -0.2) is 53.9 Å². The number of ether oxygens (including phenoxy) is 3. The molecule has 1 aromatic heterocycles. The monoisotopic (exact) mass is 688 g/mol. The van der Waals surface area contributed by atoms with Crippen molar-refractivity contribution in [2.45, 2.75) is 77.2 Å². The van der Waals surface area contributed by atoms with Crippen LogP contribution in [0.4, 0.5) is 5.69 Å². The van der Waals surface area contributed by atoms with Crippen molar-refractivity contribution >= 4 is 46.0 Å². The number of rotatable bonds is 17. The van der Waals surface area contributed by atoms with Crippen molar-refractivity contribution < 1.29 is 33.7 Å². The van der Waals surface area contributed by atoms with Gasteiger partial charge in [-0.25, -0.2) is 4.79 Å². The van der Waals surface area contributed by atoms with Crippen molar-refractivity contribution in [3.63, 3.8) is 0 Å². The van der Waals surface area contributed by atoms with E-state index < -0.39 is 12.1 Å². The van der Waals surface area contributed by atoms with Crippen LogP contribution in [0.3, 0.4) is 0 Å². The molecule has 0 aliphatic carbocycles. The number of ketones is 1. The number of carboxylic acids is 1. The van der Waals surface area contributed by atoms with E-state index in [0.717, 1.165) is 29.3 Å². The SMILES string of the molecule is CCC(C)(C)c1ccc(OCC(=O)C(OC)c2cc3ccccc3n2CSCC(=O)Nc2cc(C(=O)O)ccc2OC)c(C(C)(C)CC)c1. The van der Waals surface area contributed by atoms with E-state index in [4.69, 9.17) is 14.2 Å². The molecule has 0 aliphatic rings. The second-order valence-electron chi connectivity index (χ2n) is 13.4. The van der Waals surface area contributed by atoms with Crippen molar-refractivity contribution in [2.75, 3.05) is 31.9 Å².